The van der Waals surface area contributed by atoms with Gasteiger partial charge in [-0.15, -0.1) is 4.91 Å². The van der Waals surface area contributed by atoms with Crippen LogP contribution in [0.5, 0.6) is 11.6 Å². The van der Waals surface area contributed by atoms with Gasteiger partial charge in [0.2, 0.25) is 5.88 Å². The maximum Gasteiger partial charge on any atom is 0.222 e. The number of aryl methyl sites for hydroxylation is 3. The van der Waals surface area contributed by atoms with E-state index in [-0.39, 0.29) is 11.6 Å². The maximum absolute atomic E-state index is 11.1. The van der Waals surface area contributed by atoms with Crippen LogP contribution in [0.4, 0.5) is 5.69 Å². The van der Waals surface area contributed by atoms with Crippen molar-refractivity contribution in [3.63, 3.8) is 0 Å². The fraction of sp³-hybridized carbons (Fsp3) is 0.263. The molecular weight excluding hydrogens is 304 g/mol. The molecule has 0 spiro atoms. The molecule has 0 aliphatic rings. The van der Waals surface area contributed by atoms with Crippen molar-refractivity contribution < 1.29 is 9.84 Å². The van der Waals surface area contributed by atoms with Crippen molar-refractivity contribution in [2.45, 2.75) is 27.3 Å². The molecule has 0 aliphatic carbocycles. The summed E-state index contributed by atoms with van der Waals surface area (Å²) in [6, 6.07) is 11.7. The van der Waals surface area contributed by atoms with Crippen molar-refractivity contribution in [1.29, 1.82) is 0 Å². The summed E-state index contributed by atoms with van der Waals surface area (Å²) in [5.74, 6) is 0.666. The summed E-state index contributed by atoms with van der Waals surface area (Å²) in [5, 5.41) is 14.1. The summed E-state index contributed by atoms with van der Waals surface area (Å²) in [7, 11) is 0. The molecule has 1 aromatic heterocycles. The fourth-order valence-corrected chi connectivity index (χ4v) is 3.05. The lowest BCUT2D eigenvalue weighted by atomic mass is 10.1. The number of hydrogen-bond donors (Lipinski definition) is 1. The minimum Gasteiger partial charge on any atom is -0.493 e. The molecule has 5 heteroatoms. The molecule has 0 saturated carbocycles. The minimum atomic E-state index is -0.110. The molecule has 0 atom stereocenters. The molecule has 0 saturated heterocycles. The summed E-state index contributed by atoms with van der Waals surface area (Å²) in [4.78, 5) is 11.1. The van der Waals surface area contributed by atoms with Gasteiger partial charge in [-0.1, -0.05) is 29.3 Å². The molecule has 0 amide bonds. The van der Waals surface area contributed by atoms with E-state index in [4.69, 9.17) is 4.74 Å². The van der Waals surface area contributed by atoms with Gasteiger partial charge in [-0.2, -0.15) is 0 Å². The monoisotopic (exact) mass is 324 g/mol. The van der Waals surface area contributed by atoms with Crippen LogP contribution in [0.2, 0.25) is 0 Å². The third kappa shape index (κ3) is 2.85. The molecule has 1 N–H and O–H groups in total. The summed E-state index contributed by atoms with van der Waals surface area (Å²) >= 11 is 0. The van der Waals surface area contributed by atoms with Gasteiger partial charge in [-0.3, -0.25) is 0 Å². The van der Waals surface area contributed by atoms with Crippen molar-refractivity contribution in [3.05, 3.63) is 58.0 Å². The van der Waals surface area contributed by atoms with Crippen molar-refractivity contribution in [2.75, 3.05) is 6.61 Å². The van der Waals surface area contributed by atoms with Crippen LogP contribution < -0.4 is 4.74 Å². The van der Waals surface area contributed by atoms with E-state index in [0.29, 0.717) is 18.5 Å². The Morgan fingerprint density at radius 1 is 1.08 bits per heavy atom. The van der Waals surface area contributed by atoms with Crippen LogP contribution in [0.3, 0.4) is 0 Å². The molecule has 3 rings (SSSR count). The molecule has 0 bridgehead atoms. The first-order valence-corrected chi connectivity index (χ1v) is 7.86. The van der Waals surface area contributed by atoms with Gasteiger partial charge in [-0.25, -0.2) is 0 Å². The van der Waals surface area contributed by atoms with Gasteiger partial charge >= 0.3 is 0 Å². The van der Waals surface area contributed by atoms with E-state index >= 15 is 0 Å². The third-order valence-electron chi connectivity index (χ3n) is 4.13. The Balaban J connectivity index is 1.90. The molecule has 0 unspecified atom stereocenters. The van der Waals surface area contributed by atoms with Crippen molar-refractivity contribution in [1.82, 2.24) is 4.57 Å². The van der Waals surface area contributed by atoms with Gasteiger partial charge in [0, 0.05) is 5.39 Å². The highest BCUT2D eigenvalue weighted by atomic mass is 16.5. The summed E-state index contributed by atoms with van der Waals surface area (Å²) in [6.07, 6.45) is 0. The maximum atomic E-state index is 11.1. The Morgan fingerprint density at radius 2 is 1.79 bits per heavy atom. The van der Waals surface area contributed by atoms with E-state index in [1.165, 1.54) is 5.56 Å². The average Bonchev–Trinajstić information content (AvgIpc) is 2.81. The Morgan fingerprint density at radius 3 is 2.46 bits per heavy atom. The summed E-state index contributed by atoms with van der Waals surface area (Å²) in [6.45, 7) is 6.74. The topological polar surface area (TPSA) is 63.8 Å². The number of nitrogens with zero attached hydrogens (tertiary/aromatic N) is 2. The number of aromatic nitrogens is 1. The molecule has 1 heterocycles. The lowest BCUT2D eigenvalue weighted by Gasteiger charge is -2.11. The standard InChI is InChI=1S/C19H20N2O3/c1-12-4-6-15(7-5-12)24-9-8-21-18-14(3)10-13(2)11-16(18)17(20-23)19(21)22/h4-7,10-11,22H,8-9H2,1-3H3. The molecule has 24 heavy (non-hydrogen) atoms. The molecule has 0 aliphatic heterocycles. The first kappa shape index (κ1) is 16.1. The first-order valence-electron chi connectivity index (χ1n) is 7.86. The van der Waals surface area contributed by atoms with E-state index in [2.05, 4.69) is 5.18 Å². The molecule has 2 aromatic carbocycles. The second kappa shape index (κ2) is 6.35. The number of fused-ring (bicyclic) bond motifs is 1. The number of aromatic hydroxyl groups is 1. The lowest BCUT2D eigenvalue weighted by Crippen LogP contribution is -2.08. The highest BCUT2D eigenvalue weighted by Gasteiger charge is 2.19. The second-order valence-electron chi connectivity index (χ2n) is 6.05. The largest absolute Gasteiger partial charge is 0.493 e. The average molecular weight is 324 g/mol. The van der Waals surface area contributed by atoms with E-state index < -0.39 is 0 Å². The van der Waals surface area contributed by atoms with Crippen LogP contribution in [-0.2, 0) is 6.54 Å². The van der Waals surface area contributed by atoms with Crippen LogP contribution in [-0.4, -0.2) is 16.3 Å². The molecule has 0 radical (unpaired) electrons. The normalized spacial score (nSPS) is 11.0. The minimum absolute atomic E-state index is 0.0899. The number of ether oxygens (including phenoxy) is 1. The molecular formula is C19H20N2O3. The number of benzene rings is 2. The van der Waals surface area contributed by atoms with E-state index in [1.54, 1.807) is 4.57 Å². The third-order valence-corrected chi connectivity index (χ3v) is 4.13. The van der Waals surface area contributed by atoms with Crippen LogP contribution in [0.1, 0.15) is 16.7 Å². The quantitative estimate of drug-likeness (QED) is 0.689. The molecule has 124 valence electrons. The fourth-order valence-electron chi connectivity index (χ4n) is 3.05. The number of nitroso groups, excluding NO2 is 1. The summed E-state index contributed by atoms with van der Waals surface area (Å²) < 4.78 is 7.42. The van der Waals surface area contributed by atoms with Gasteiger partial charge in [0.1, 0.15) is 12.4 Å². The molecule has 5 nitrogen and oxygen atoms in total. The molecule has 3 aromatic rings. The second-order valence-corrected chi connectivity index (χ2v) is 6.05. The van der Waals surface area contributed by atoms with Gasteiger partial charge in [0.05, 0.1) is 12.1 Å². The highest BCUT2D eigenvalue weighted by molar-refractivity contribution is 5.97. The van der Waals surface area contributed by atoms with Gasteiger partial charge < -0.3 is 14.4 Å². The zero-order valence-electron chi connectivity index (χ0n) is 14.0. The SMILES string of the molecule is Cc1ccc(OCCn2c(O)c(N=O)c3cc(C)cc(C)c32)cc1. The number of hydrogen-bond acceptors (Lipinski definition) is 4. The smallest absolute Gasteiger partial charge is 0.222 e. The Bertz CT molecular complexity index is 895. The van der Waals surface area contributed by atoms with Crippen LogP contribution >= 0.6 is 0 Å². The highest BCUT2D eigenvalue weighted by Crippen LogP contribution is 2.40. The van der Waals surface area contributed by atoms with E-state index in [1.807, 2.05) is 57.2 Å². The Hall–Kier alpha value is -2.82. The summed E-state index contributed by atoms with van der Waals surface area (Å²) in [5.41, 5.74) is 4.10. The van der Waals surface area contributed by atoms with Crippen LogP contribution in [0.25, 0.3) is 10.9 Å². The van der Waals surface area contributed by atoms with E-state index in [9.17, 15) is 10.0 Å². The van der Waals surface area contributed by atoms with Crippen molar-refractivity contribution >= 4 is 16.6 Å². The predicted molar refractivity (Wildman–Crippen MR) is 95.2 cm³/mol. The van der Waals surface area contributed by atoms with Crippen LogP contribution in [0.15, 0.2) is 41.6 Å². The predicted octanol–water partition coefficient (Wildman–Crippen LogP) is 4.75. The van der Waals surface area contributed by atoms with Crippen LogP contribution in [0, 0.1) is 25.7 Å². The first-order chi connectivity index (χ1) is 11.5. The van der Waals surface area contributed by atoms with Crippen molar-refractivity contribution in [2.24, 2.45) is 5.18 Å². The van der Waals surface area contributed by atoms with Crippen molar-refractivity contribution in [3.8, 4) is 11.6 Å². The van der Waals surface area contributed by atoms with Gasteiger partial charge in [0.25, 0.3) is 0 Å². The van der Waals surface area contributed by atoms with E-state index in [0.717, 1.165) is 22.4 Å². The zero-order valence-corrected chi connectivity index (χ0v) is 14.0. The van der Waals surface area contributed by atoms with Gasteiger partial charge in [-0.05, 0) is 49.7 Å². The number of rotatable bonds is 5. The zero-order chi connectivity index (χ0) is 17.3. The van der Waals surface area contributed by atoms with Gasteiger partial charge in [0.15, 0.2) is 5.69 Å². The Kier molecular flexibility index (Phi) is 4.25. The molecule has 0 fully saturated rings. The Labute approximate surface area is 140 Å². The lowest BCUT2D eigenvalue weighted by molar-refractivity contribution is 0.290.